The molecule has 0 spiro atoms. The number of nitrogens with zero attached hydrogens (tertiary/aromatic N) is 4. The summed E-state index contributed by atoms with van der Waals surface area (Å²) >= 11 is 0. The number of rotatable bonds is 10. The van der Waals surface area contributed by atoms with Crippen molar-refractivity contribution in [3.8, 4) is 11.3 Å². The number of Topliss-reactive ketones (excluding diaryl/α,β-unsaturated/α-hetero) is 2. The van der Waals surface area contributed by atoms with Crippen molar-refractivity contribution in [2.75, 3.05) is 6.54 Å². The highest BCUT2D eigenvalue weighted by Crippen LogP contribution is 2.45. The zero-order chi connectivity index (χ0) is 42.0. The SMILES string of the molecule is CC[C@H]1OC(=O)[C@H](C)C(=O)[C@H](C)[C@@H](OC2O[C@H](C)C[C@H](C)[C@H]2C)C(C)(C)C[C@@H](C)C(=O)C[C@H]2N(CCCC(C)(C)n3cnc(-c4cccnc4)c3)C(=O)O[C@]12CC. The highest BCUT2D eigenvalue weighted by atomic mass is 16.7. The van der Waals surface area contributed by atoms with E-state index < -0.39 is 65.4 Å². The number of hydrogen-bond acceptors (Lipinski definition) is 10. The monoisotopic (exact) mass is 793 g/mol. The van der Waals surface area contributed by atoms with E-state index in [4.69, 9.17) is 18.9 Å². The van der Waals surface area contributed by atoms with Crippen LogP contribution in [-0.4, -0.2) is 85.9 Å². The van der Waals surface area contributed by atoms with E-state index >= 15 is 0 Å². The Balaban J connectivity index is 1.43. The number of cyclic esters (lactones) is 1. The molecule has 3 aliphatic rings. The molecule has 0 bridgehead atoms. The lowest BCUT2D eigenvalue weighted by atomic mass is 9.70. The van der Waals surface area contributed by atoms with Crippen LogP contribution in [0.1, 0.15) is 128 Å². The molecule has 5 heterocycles. The van der Waals surface area contributed by atoms with Gasteiger partial charge in [-0.15, -0.1) is 0 Å². The molecule has 12 heteroatoms. The topological polar surface area (TPSA) is 139 Å². The van der Waals surface area contributed by atoms with Gasteiger partial charge in [-0.25, -0.2) is 9.78 Å². The lowest BCUT2D eigenvalue weighted by molar-refractivity contribution is -0.267. The van der Waals surface area contributed by atoms with E-state index in [1.54, 1.807) is 24.2 Å². The van der Waals surface area contributed by atoms with Crippen LogP contribution in [0, 0.1) is 35.0 Å². The molecule has 3 fully saturated rings. The molecule has 3 aliphatic heterocycles. The predicted octanol–water partition coefficient (Wildman–Crippen LogP) is 8.41. The summed E-state index contributed by atoms with van der Waals surface area (Å²) in [7, 11) is 0. The normalized spacial score (nSPS) is 34.4. The molecule has 0 radical (unpaired) electrons. The van der Waals surface area contributed by atoms with Gasteiger partial charge in [0.15, 0.2) is 17.7 Å². The van der Waals surface area contributed by atoms with Gasteiger partial charge in [0.2, 0.25) is 0 Å². The van der Waals surface area contributed by atoms with Gasteiger partial charge in [0.25, 0.3) is 0 Å². The molecule has 2 aromatic heterocycles. The molecule has 12 nitrogen and oxygen atoms in total. The number of imidazole rings is 1. The molecule has 0 saturated carbocycles. The third-order valence-electron chi connectivity index (χ3n) is 13.5. The number of carbonyl (C=O) groups is 4. The molecule has 11 atom stereocenters. The zero-order valence-corrected chi connectivity index (χ0v) is 36.4. The molecule has 1 amide bonds. The van der Waals surface area contributed by atoms with Gasteiger partial charge < -0.3 is 28.4 Å². The van der Waals surface area contributed by atoms with E-state index in [-0.39, 0.29) is 35.5 Å². The van der Waals surface area contributed by atoms with Crippen LogP contribution in [-0.2, 0) is 38.9 Å². The quantitative estimate of drug-likeness (QED) is 0.170. The van der Waals surface area contributed by atoms with Crippen molar-refractivity contribution in [3.63, 3.8) is 0 Å². The lowest BCUT2D eigenvalue weighted by Gasteiger charge is -2.45. The average molecular weight is 793 g/mol. The first-order chi connectivity index (χ1) is 26.8. The number of esters is 1. The predicted molar refractivity (Wildman–Crippen MR) is 217 cm³/mol. The first kappa shape index (κ1) is 44.5. The number of carbonyl (C=O) groups excluding carboxylic acids is 4. The maximum atomic E-state index is 14.5. The molecular weight excluding hydrogens is 725 g/mol. The first-order valence-electron chi connectivity index (χ1n) is 21.3. The highest BCUT2D eigenvalue weighted by Gasteiger charge is 2.59. The Bertz CT molecular complexity index is 1730. The van der Waals surface area contributed by atoms with Crippen LogP contribution in [0.4, 0.5) is 4.79 Å². The van der Waals surface area contributed by atoms with Crippen molar-refractivity contribution in [2.45, 2.75) is 170 Å². The van der Waals surface area contributed by atoms with Gasteiger partial charge in [0.1, 0.15) is 17.8 Å². The second kappa shape index (κ2) is 17.7. The van der Waals surface area contributed by atoms with Gasteiger partial charge in [0.05, 0.1) is 30.3 Å². The van der Waals surface area contributed by atoms with Gasteiger partial charge in [-0.1, -0.05) is 55.4 Å². The summed E-state index contributed by atoms with van der Waals surface area (Å²) < 4.78 is 27.8. The summed E-state index contributed by atoms with van der Waals surface area (Å²) in [6.45, 7) is 24.1. The van der Waals surface area contributed by atoms with Crippen LogP contribution < -0.4 is 0 Å². The second-order valence-corrected chi connectivity index (χ2v) is 18.7. The summed E-state index contributed by atoms with van der Waals surface area (Å²) in [5, 5.41) is 0. The van der Waals surface area contributed by atoms with E-state index in [1.807, 2.05) is 73.1 Å². The lowest BCUT2D eigenvalue weighted by Crippen LogP contribution is -2.56. The molecule has 316 valence electrons. The van der Waals surface area contributed by atoms with Gasteiger partial charge in [0, 0.05) is 60.4 Å². The van der Waals surface area contributed by atoms with E-state index in [1.165, 1.54) is 0 Å². The Morgan fingerprint density at radius 1 is 1.04 bits per heavy atom. The van der Waals surface area contributed by atoms with Crippen LogP contribution in [0.15, 0.2) is 37.1 Å². The molecule has 3 saturated heterocycles. The number of pyridine rings is 1. The van der Waals surface area contributed by atoms with Crippen molar-refractivity contribution in [1.82, 2.24) is 19.4 Å². The van der Waals surface area contributed by atoms with E-state index in [9.17, 15) is 19.2 Å². The third-order valence-corrected chi connectivity index (χ3v) is 13.5. The van der Waals surface area contributed by atoms with Crippen molar-refractivity contribution >= 4 is 23.6 Å². The van der Waals surface area contributed by atoms with Crippen molar-refractivity contribution in [2.24, 2.45) is 35.0 Å². The Hall–Kier alpha value is -3.64. The Labute approximate surface area is 340 Å². The third kappa shape index (κ3) is 9.32. The minimum absolute atomic E-state index is 0.00503. The maximum absolute atomic E-state index is 14.5. The first-order valence-corrected chi connectivity index (χ1v) is 21.3. The zero-order valence-electron chi connectivity index (χ0n) is 36.4. The summed E-state index contributed by atoms with van der Waals surface area (Å²) in [4.78, 5) is 67.3. The molecule has 0 aromatic carbocycles. The minimum Gasteiger partial charge on any atom is -0.457 e. The molecule has 57 heavy (non-hydrogen) atoms. The number of amides is 1. The molecular formula is C45H68N4O8. The second-order valence-electron chi connectivity index (χ2n) is 18.7. The molecule has 1 unspecified atom stereocenters. The van der Waals surface area contributed by atoms with Crippen molar-refractivity contribution in [3.05, 3.63) is 37.1 Å². The van der Waals surface area contributed by atoms with Gasteiger partial charge in [-0.05, 0) is 89.7 Å². The molecule has 0 aliphatic carbocycles. The Morgan fingerprint density at radius 3 is 2.40 bits per heavy atom. The van der Waals surface area contributed by atoms with Crippen LogP contribution >= 0.6 is 0 Å². The smallest absolute Gasteiger partial charge is 0.410 e. The number of ether oxygens (including phenoxy) is 4. The average Bonchev–Trinajstić information content (AvgIpc) is 3.77. The Kier molecular flexibility index (Phi) is 13.8. The van der Waals surface area contributed by atoms with Crippen LogP contribution in [0.3, 0.4) is 0 Å². The molecule has 5 rings (SSSR count). The summed E-state index contributed by atoms with van der Waals surface area (Å²) in [5.41, 5.74) is -0.535. The molecule has 0 N–H and O–H groups in total. The van der Waals surface area contributed by atoms with Gasteiger partial charge in [-0.2, -0.15) is 0 Å². The van der Waals surface area contributed by atoms with Crippen LogP contribution in [0.2, 0.25) is 0 Å². The number of fused-ring (bicyclic) bond motifs is 1. The van der Waals surface area contributed by atoms with Crippen molar-refractivity contribution < 1.29 is 38.1 Å². The van der Waals surface area contributed by atoms with Crippen LogP contribution in [0.5, 0.6) is 0 Å². The fraction of sp³-hybridized carbons (Fsp3) is 0.733. The van der Waals surface area contributed by atoms with E-state index in [0.29, 0.717) is 44.6 Å². The number of ketones is 2. The maximum Gasteiger partial charge on any atom is 0.410 e. The summed E-state index contributed by atoms with van der Waals surface area (Å²) in [6.07, 6.45) is 8.10. The fourth-order valence-electron chi connectivity index (χ4n) is 9.69. The highest BCUT2D eigenvalue weighted by molar-refractivity contribution is 6.00. The summed E-state index contributed by atoms with van der Waals surface area (Å²) in [6, 6.07) is 3.17. The van der Waals surface area contributed by atoms with Gasteiger partial charge in [-0.3, -0.25) is 19.4 Å². The number of hydrogen-bond donors (Lipinski definition) is 0. The molecule has 2 aromatic rings. The van der Waals surface area contributed by atoms with E-state index in [0.717, 1.165) is 17.7 Å². The summed E-state index contributed by atoms with van der Waals surface area (Å²) in [5.74, 6) is -2.78. The minimum atomic E-state index is -1.28. The fourth-order valence-corrected chi connectivity index (χ4v) is 9.69. The standard InChI is InChI=1S/C45H68N4O8/c1-13-37-45(14-2)36(49(42(53)57-45)20-16-18-44(11,12)48-25-34(47-26-48)33-17-15-19-46-24-33)22-35(50)28(4)23-43(9,10)39(31(7)38(51)32(8)40(52)55-37)56-41-30(6)27(3)21-29(5)54-41/h15,17,19,24-32,36-37,39,41H,13-14,16,18,20-23H2,1-12H3/t27-,28+,29+,30+,31-,32+,36+,37+,39+,41?,45-/m0/s1. The van der Waals surface area contributed by atoms with Gasteiger partial charge >= 0.3 is 12.1 Å². The number of aromatic nitrogens is 3. The van der Waals surface area contributed by atoms with E-state index in [2.05, 4.69) is 42.2 Å². The Morgan fingerprint density at radius 2 is 1.75 bits per heavy atom. The van der Waals surface area contributed by atoms with Crippen molar-refractivity contribution in [1.29, 1.82) is 0 Å². The van der Waals surface area contributed by atoms with Crippen LogP contribution in [0.25, 0.3) is 11.3 Å². The largest absolute Gasteiger partial charge is 0.457 e.